The fourth-order valence-corrected chi connectivity index (χ4v) is 2.49. The van der Waals surface area contributed by atoms with Gasteiger partial charge in [-0.2, -0.15) is 0 Å². The van der Waals surface area contributed by atoms with Crippen LogP contribution >= 0.6 is 0 Å². The van der Waals surface area contributed by atoms with E-state index in [0.29, 0.717) is 24.5 Å². The molecule has 5 nitrogen and oxygen atoms in total. The van der Waals surface area contributed by atoms with Gasteiger partial charge in [0.1, 0.15) is 0 Å². The molecule has 2 unspecified atom stereocenters. The first-order valence-electron chi connectivity index (χ1n) is 6.55. The lowest BCUT2D eigenvalue weighted by Crippen LogP contribution is -2.25. The molecule has 0 aliphatic heterocycles. The Morgan fingerprint density at radius 3 is 2.40 bits per heavy atom. The van der Waals surface area contributed by atoms with E-state index < -0.39 is 15.9 Å². The van der Waals surface area contributed by atoms with Crippen LogP contribution in [0.15, 0.2) is 29.2 Å². The van der Waals surface area contributed by atoms with E-state index in [1.807, 2.05) is 6.92 Å². The summed E-state index contributed by atoms with van der Waals surface area (Å²) in [6, 6.07) is 6.93. The minimum atomic E-state index is -3.15. The second kappa shape index (κ2) is 7.73. The molecule has 1 aromatic rings. The highest BCUT2D eigenvalue weighted by atomic mass is 32.2. The van der Waals surface area contributed by atoms with Gasteiger partial charge >= 0.3 is 0 Å². The van der Waals surface area contributed by atoms with Gasteiger partial charge in [0.05, 0.1) is 17.6 Å². The number of rotatable bonds is 8. The molecule has 0 bridgehead atoms. The second-order valence-corrected chi connectivity index (χ2v) is 6.93. The lowest BCUT2D eigenvalue weighted by molar-refractivity contribution is 0.0590. The predicted molar refractivity (Wildman–Crippen MR) is 78.5 cm³/mol. The van der Waals surface area contributed by atoms with E-state index in [1.165, 1.54) is 6.26 Å². The highest BCUT2D eigenvalue weighted by molar-refractivity contribution is 7.90. The zero-order valence-corrected chi connectivity index (χ0v) is 13.0. The summed E-state index contributed by atoms with van der Waals surface area (Å²) in [5.41, 5.74) is 1.01. The Kier molecular flexibility index (Phi) is 6.61. The SMILES string of the molecule is COCC(O)CCNC(C)c1ccc(S(C)(=O)=O)cc1. The molecule has 2 N–H and O–H groups in total. The van der Waals surface area contributed by atoms with Gasteiger partial charge in [-0.1, -0.05) is 12.1 Å². The smallest absolute Gasteiger partial charge is 0.175 e. The van der Waals surface area contributed by atoms with E-state index in [9.17, 15) is 13.5 Å². The monoisotopic (exact) mass is 301 g/mol. The Labute approximate surface area is 120 Å². The van der Waals surface area contributed by atoms with Crippen LogP contribution in [-0.4, -0.2) is 46.1 Å². The fraction of sp³-hybridized carbons (Fsp3) is 0.571. The van der Waals surface area contributed by atoms with Crippen LogP contribution in [0.3, 0.4) is 0 Å². The highest BCUT2D eigenvalue weighted by Gasteiger charge is 2.10. The standard InChI is InChI=1S/C14H23NO4S/c1-11(15-9-8-13(16)10-19-2)12-4-6-14(7-5-12)20(3,17)18/h4-7,11,13,15-16H,8-10H2,1-3H3. The number of ether oxygens (including phenoxy) is 1. The Morgan fingerprint density at radius 1 is 1.30 bits per heavy atom. The van der Waals surface area contributed by atoms with Crippen molar-refractivity contribution in [1.82, 2.24) is 5.32 Å². The van der Waals surface area contributed by atoms with Crippen molar-refractivity contribution in [2.45, 2.75) is 30.4 Å². The quantitative estimate of drug-likeness (QED) is 0.753. The Hall–Kier alpha value is -0.950. The van der Waals surface area contributed by atoms with Crippen LogP contribution in [-0.2, 0) is 14.6 Å². The summed E-state index contributed by atoms with van der Waals surface area (Å²) < 4.78 is 27.6. The molecule has 0 aromatic heterocycles. The largest absolute Gasteiger partial charge is 0.391 e. The summed E-state index contributed by atoms with van der Waals surface area (Å²) in [5.74, 6) is 0. The maximum atomic E-state index is 11.4. The number of aliphatic hydroxyl groups excluding tert-OH is 1. The van der Waals surface area contributed by atoms with Gasteiger partial charge in [0.25, 0.3) is 0 Å². The van der Waals surface area contributed by atoms with E-state index in [2.05, 4.69) is 5.32 Å². The molecular weight excluding hydrogens is 278 g/mol. The van der Waals surface area contributed by atoms with E-state index in [1.54, 1.807) is 31.4 Å². The minimum absolute atomic E-state index is 0.0957. The third-order valence-electron chi connectivity index (χ3n) is 3.10. The van der Waals surface area contributed by atoms with E-state index >= 15 is 0 Å². The summed E-state index contributed by atoms with van der Waals surface area (Å²) in [5, 5.41) is 12.8. The number of benzene rings is 1. The van der Waals surface area contributed by atoms with Gasteiger partial charge in [-0.05, 0) is 37.6 Å². The molecule has 0 aliphatic rings. The van der Waals surface area contributed by atoms with E-state index in [-0.39, 0.29) is 6.04 Å². The highest BCUT2D eigenvalue weighted by Crippen LogP contribution is 2.16. The van der Waals surface area contributed by atoms with Gasteiger partial charge in [0, 0.05) is 19.4 Å². The molecule has 0 amide bonds. The Balaban J connectivity index is 2.50. The van der Waals surface area contributed by atoms with Gasteiger partial charge in [0.2, 0.25) is 0 Å². The van der Waals surface area contributed by atoms with Crippen LogP contribution < -0.4 is 5.32 Å². The first kappa shape index (κ1) is 17.1. The Bertz CT molecular complexity index is 498. The summed E-state index contributed by atoms with van der Waals surface area (Å²) in [6.45, 7) is 3.00. The van der Waals surface area contributed by atoms with Crippen molar-refractivity contribution in [3.63, 3.8) is 0 Å². The van der Waals surface area contributed by atoms with Gasteiger partial charge in [-0.3, -0.25) is 0 Å². The van der Waals surface area contributed by atoms with Crippen molar-refractivity contribution >= 4 is 9.84 Å². The first-order valence-corrected chi connectivity index (χ1v) is 8.44. The van der Waals surface area contributed by atoms with Gasteiger partial charge in [0.15, 0.2) is 9.84 Å². The molecule has 114 valence electrons. The van der Waals surface area contributed by atoms with Crippen molar-refractivity contribution in [3.05, 3.63) is 29.8 Å². The number of aliphatic hydroxyl groups is 1. The lowest BCUT2D eigenvalue weighted by atomic mass is 10.1. The number of nitrogens with one attached hydrogen (secondary N) is 1. The molecule has 20 heavy (non-hydrogen) atoms. The summed E-state index contributed by atoms with van der Waals surface area (Å²) in [4.78, 5) is 0.323. The van der Waals surface area contributed by atoms with Crippen molar-refractivity contribution in [1.29, 1.82) is 0 Å². The number of hydrogen-bond donors (Lipinski definition) is 2. The molecular formula is C14H23NO4S. The summed E-state index contributed by atoms with van der Waals surface area (Å²) in [7, 11) is -1.59. The van der Waals surface area contributed by atoms with Gasteiger partial charge in [-0.15, -0.1) is 0 Å². The average molecular weight is 301 g/mol. The minimum Gasteiger partial charge on any atom is -0.391 e. The number of sulfone groups is 1. The molecule has 2 atom stereocenters. The normalized spacial score (nSPS) is 15.0. The van der Waals surface area contributed by atoms with Crippen LogP contribution in [0.2, 0.25) is 0 Å². The summed E-state index contributed by atoms with van der Waals surface area (Å²) in [6.07, 6.45) is 1.34. The molecule has 0 spiro atoms. The van der Waals surface area contributed by atoms with Crippen LogP contribution in [0.5, 0.6) is 0 Å². The molecule has 0 saturated heterocycles. The van der Waals surface area contributed by atoms with Crippen molar-refractivity contribution in [3.8, 4) is 0 Å². The third kappa shape index (κ3) is 5.58. The van der Waals surface area contributed by atoms with Crippen molar-refractivity contribution in [2.75, 3.05) is 26.5 Å². The van der Waals surface area contributed by atoms with Gasteiger partial charge < -0.3 is 15.2 Å². The lowest BCUT2D eigenvalue weighted by Gasteiger charge is -2.16. The predicted octanol–water partition coefficient (Wildman–Crippen LogP) is 1.14. The van der Waals surface area contributed by atoms with E-state index in [4.69, 9.17) is 4.74 Å². The topological polar surface area (TPSA) is 75.6 Å². The molecule has 1 aromatic carbocycles. The number of methoxy groups -OCH3 is 1. The van der Waals surface area contributed by atoms with Gasteiger partial charge in [-0.25, -0.2) is 8.42 Å². The Morgan fingerprint density at radius 2 is 1.90 bits per heavy atom. The summed E-state index contributed by atoms with van der Waals surface area (Å²) >= 11 is 0. The van der Waals surface area contributed by atoms with Crippen molar-refractivity contribution in [2.24, 2.45) is 0 Å². The molecule has 1 rings (SSSR count). The molecule has 0 heterocycles. The van der Waals surface area contributed by atoms with E-state index in [0.717, 1.165) is 5.56 Å². The second-order valence-electron chi connectivity index (χ2n) is 4.91. The van der Waals surface area contributed by atoms with Crippen LogP contribution in [0, 0.1) is 0 Å². The molecule has 6 heteroatoms. The third-order valence-corrected chi connectivity index (χ3v) is 4.22. The van der Waals surface area contributed by atoms with Crippen LogP contribution in [0.1, 0.15) is 24.9 Å². The average Bonchev–Trinajstić information content (AvgIpc) is 2.38. The molecule has 0 fully saturated rings. The van der Waals surface area contributed by atoms with Crippen LogP contribution in [0.4, 0.5) is 0 Å². The van der Waals surface area contributed by atoms with Crippen LogP contribution in [0.25, 0.3) is 0 Å². The zero-order valence-electron chi connectivity index (χ0n) is 12.2. The first-order chi connectivity index (χ1) is 9.34. The maximum Gasteiger partial charge on any atom is 0.175 e. The maximum absolute atomic E-state index is 11.4. The molecule has 0 saturated carbocycles. The fourth-order valence-electron chi connectivity index (χ4n) is 1.86. The zero-order chi connectivity index (χ0) is 15.2. The molecule has 0 aliphatic carbocycles. The van der Waals surface area contributed by atoms with Crippen molar-refractivity contribution < 1.29 is 18.3 Å². The number of hydrogen-bond acceptors (Lipinski definition) is 5. The molecule has 0 radical (unpaired) electrons.